The van der Waals surface area contributed by atoms with Crippen molar-refractivity contribution in [1.82, 2.24) is 10.2 Å². The van der Waals surface area contributed by atoms with Crippen LogP contribution in [0.4, 0.5) is 11.6 Å². The van der Waals surface area contributed by atoms with Crippen LogP contribution < -0.4 is 9.99 Å². The average Bonchev–Trinajstić information content (AvgIpc) is 2.66. The molecule has 13 heavy (non-hydrogen) atoms. The monoisotopic (exact) mass is 216 g/mol. The molecule has 1 aliphatic rings. The molecule has 4 nitrogen and oxygen atoms in total. The zero-order valence-corrected chi connectivity index (χ0v) is 9.64. The number of rotatable bonds is 2. The molecule has 1 aromatic rings. The van der Waals surface area contributed by atoms with Crippen LogP contribution in [0.2, 0.25) is 0 Å². The Bertz CT molecular complexity index is 313. The smallest absolute Gasteiger partial charge is 0.167 e. The lowest BCUT2D eigenvalue weighted by Crippen LogP contribution is -2.23. The lowest BCUT2D eigenvalue weighted by molar-refractivity contribution is 0.793. The summed E-state index contributed by atoms with van der Waals surface area (Å²) in [4.78, 5) is 3.44. The van der Waals surface area contributed by atoms with E-state index in [0.29, 0.717) is 5.37 Å². The van der Waals surface area contributed by atoms with Crippen LogP contribution in [0.5, 0.6) is 0 Å². The van der Waals surface area contributed by atoms with Crippen molar-refractivity contribution in [2.24, 2.45) is 0 Å². The number of H-pyrrole nitrogens is 1. The van der Waals surface area contributed by atoms with Crippen LogP contribution >= 0.6 is 21.2 Å². The van der Waals surface area contributed by atoms with Crippen molar-refractivity contribution in [3.05, 3.63) is 0 Å². The maximum Gasteiger partial charge on any atom is 0.167 e. The summed E-state index contributed by atoms with van der Waals surface area (Å²) < 4.78 is 0. The van der Waals surface area contributed by atoms with E-state index >= 15 is 0 Å². The van der Waals surface area contributed by atoms with Gasteiger partial charge >= 0.3 is 0 Å². The molecule has 0 aliphatic carbocycles. The first kappa shape index (κ1) is 9.16. The van der Waals surface area contributed by atoms with Crippen molar-refractivity contribution in [1.29, 1.82) is 0 Å². The van der Waals surface area contributed by atoms with Gasteiger partial charge in [-0.3, -0.25) is 5.10 Å². The van der Waals surface area contributed by atoms with E-state index in [9.17, 15) is 0 Å². The van der Waals surface area contributed by atoms with Gasteiger partial charge < -0.3 is 9.99 Å². The van der Waals surface area contributed by atoms with Crippen LogP contribution in [-0.2, 0) is 0 Å². The molecule has 0 bridgehead atoms. The summed E-state index contributed by atoms with van der Waals surface area (Å²) >= 11 is 1.86. The van der Waals surface area contributed by atoms with E-state index in [-0.39, 0.29) is 0 Å². The summed E-state index contributed by atoms with van der Waals surface area (Å²) in [5, 5.41) is 10.8. The fourth-order valence-electron chi connectivity index (χ4n) is 1.48. The molecular formula is C7H13N4PS. The number of anilines is 2. The number of thioether (sulfide) groups is 1. The Morgan fingerprint density at radius 1 is 1.77 bits per heavy atom. The maximum atomic E-state index is 4.25. The number of nitrogens with zero attached hydrogens (tertiary/aromatic N) is 2. The lowest BCUT2D eigenvalue weighted by Gasteiger charge is -2.17. The van der Waals surface area contributed by atoms with Crippen LogP contribution in [0, 0.1) is 0 Å². The molecule has 2 unspecified atom stereocenters. The highest BCUT2D eigenvalue weighted by atomic mass is 32.2. The zero-order chi connectivity index (χ0) is 9.42. The van der Waals surface area contributed by atoms with Gasteiger partial charge in [-0.15, -0.1) is 0 Å². The van der Waals surface area contributed by atoms with E-state index in [4.69, 9.17) is 0 Å². The molecular weight excluding hydrogens is 203 g/mol. The summed E-state index contributed by atoms with van der Waals surface area (Å²) in [5.41, 5.74) is 0. The Morgan fingerprint density at radius 3 is 3.15 bits per heavy atom. The number of aromatic nitrogens is 2. The number of hydrogen-bond acceptors (Lipinski definition) is 4. The molecule has 6 heteroatoms. The van der Waals surface area contributed by atoms with E-state index in [2.05, 4.69) is 43.5 Å². The molecule has 0 aromatic carbocycles. The first-order valence-corrected chi connectivity index (χ1v) is 5.68. The second-order valence-electron chi connectivity index (χ2n) is 2.99. The highest BCUT2D eigenvalue weighted by Crippen LogP contribution is 2.46. The predicted octanol–water partition coefficient (Wildman–Crippen LogP) is 1.89. The van der Waals surface area contributed by atoms with Gasteiger partial charge in [0, 0.05) is 7.05 Å². The predicted molar refractivity (Wildman–Crippen MR) is 60.3 cm³/mol. The summed E-state index contributed by atoms with van der Waals surface area (Å²) in [6, 6.07) is 0. The van der Waals surface area contributed by atoms with Crippen LogP contribution in [0.25, 0.3) is 0 Å². The molecule has 1 aromatic heterocycles. The Balaban J connectivity index is 2.33. The zero-order valence-electron chi connectivity index (χ0n) is 7.66. The van der Waals surface area contributed by atoms with Crippen LogP contribution in [0.3, 0.4) is 0 Å². The second kappa shape index (κ2) is 3.39. The lowest BCUT2D eigenvalue weighted by atomic mass is 10.4. The molecule has 2 atom stereocenters. The van der Waals surface area contributed by atoms with Gasteiger partial charge in [-0.1, -0.05) is 18.7 Å². The van der Waals surface area contributed by atoms with Crippen LogP contribution in [0.15, 0.2) is 4.90 Å². The van der Waals surface area contributed by atoms with Gasteiger partial charge in [-0.2, -0.15) is 5.10 Å². The van der Waals surface area contributed by atoms with Gasteiger partial charge in [0.2, 0.25) is 0 Å². The van der Waals surface area contributed by atoms with E-state index in [1.165, 1.54) is 4.90 Å². The van der Waals surface area contributed by atoms with E-state index in [1.54, 1.807) is 0 Å². The van der Waals surface area contributed by atoms with Gasteiger partial charge in [0.1, 0.15) is 5.82 Å². The van der Waals surface area contributed by atoms with E-state index < -0.39 is 0 Å². The molecule has 2 N–H and O–H groups in total. The number of fused-ring (bicyclic) bond motifs is 1. The molecule has 72 valence electrons. The third kappa shape index (κ3) is 1.30. The molecule has 0 saturated carbocycles. The first-order chi connectivity index (χ1) is 6.27. The summed E-state index contributed by atoms with van der Waals surface area (Å²) in [6.45, 7) is 2.19. The van der Waals surface area contributed by atoms with Crippen molar-refractivity contribution in [3.63, 3.8) is 0 Å². The molecule has 0 amide bonds. The molecule has 2 heterocycles. The van der Waals surface area contributed by atoms with Crippen LogP contribution in [0.1, 0.15) is 13.3 Å². The first-order valence-electron chi connectivity index (χ1n) is 4.22. The quantitative estimate of drug-likeness (QED) is 0.741. The number of nitrogens with one attached hydrogen (secondary N) is 2. The summed E-state index contributed by atoms with van der Waals surface area (Å²) in [5.74, 6) is 2.05. The molecule has 0 spiro atoms. The third-order valence-electron chi connectivity index (χ3n) is 2.22. The van der Waals surface area contributed by atoms with Crippen molar-refractivity contribution in [2.75, 3.05) is 17.0 Å². The SMILES string of the molecule is CCC1Sc2c(n[nH]c2NP)N1C. The summed E-state index contributed by atoms with van der Waals surface area (Å²) in [6.07, 6.45) is 1.13. The minimum absolute atomic E-state index is 0.532. The van der Waals surface area contributed by atoms with Crippen molar-refractivity contribution in [3.8, 4) is 0 Å². The van der Waals surface area contributed by atoms with Gasteiger partial charge in [0.25, 0.3) is 0 Å². The molecule has 1 aliphatic heterocycles. The Labute approximate surface area is 84.1 Å². The maximum absolute atomic E-state index is 4.25. The molecule has 0 fully saturated rings. The minimum atomic E-state index is 0.532. The van der Waals surface area contributed by atoms with Crippen molar-refractivity contribution in [2.45, 2.75) is 23.6 Å². The van der Waals surface area contributed by atoms with Gasteiger partial charge in [-0.25, -0.2) is 0 Å². The Kier molecular flexibility index (Phi) is 2.39. The second-order valence-corrected chi connectivity index (χ2v) is 4.46. The van der Waals surface area contributed by atoms with E-state index in [0.717, 1.165) is 18.1 Å². The van der Waals surface area contributed by atoms with Gasteiger partial charge in [0.15, 0.2) is 5.82 Å². The Morgan fingerprint density at radius 2 is 2.54 bits per heavy atom. The number of aromatic amines is 1. The Hall–Kier alpha value is -0.410. The minimum Gasteiger partial charge on any atom is -0.354 e. The van der Waals surface area contributed by atoms with Crippen molar-refractivity contribution < 1.29 is 0 Å². The molecule has 2 rings (SSSR count). The van der Waals surface area contributed by atoms with Gasteiger partial charge in [-0.05, 0) is 15.8 Å². The molecule has 0 saturated heterocycles. The van der Waals surface area contributed by atoms with Gasteiger partial charge in [0.05, 0.1) is 10.3 Å². The highest BCUT2D eigenvalue weighted by Gasteiger charge is 2.30. The van der Waals surface area contributed by atoms with Crippen LogP contribution in [-0.4, -0.2) is 22.6 Å². The average molecular weight is 216 g/mol. The normalized spacial score (nSPS) is 20.5. The largest absolute Gasteiger partial charge is 0.354 e. The highest BCUT2D eigenvalue weighted by molar-refractivity contribution is 8.00. The number of hydrogen-bond donors (Lipinski definition) is 2. The van der Waals surface area contributed by atoms with Crippen molar-refractivity contribution >= 4 is 32.8 Å². The fraction of sp³-hybridized carbons (Fsp3) is 0.571. The third-order valence-corrected chi connectivity index (χ3v) is 4.05. The topological polar surface area (TPSA) is 44.0 Å². The fourth-order valence-corrected chi connectivity index (χ4v) is 3.01. The van der Waals surface area contributed by atoms with E-state index in [1.807, 2.05) is 11.8 Å². The molecule has 0 radical (unpaired) electrons. The summed E-state index contributed by atoms with van der Waals surface area (Å²) in [7, 11) is 4.57. The standard InChI is InChI=1S/C7H13N4PS/c1-3-4-11(2)7-5(13-4)6(10-12)8-9-7/h4H,3,12H2,1-2H3,(H2,8,9,10).